The lowest BCUT2D eigenvalue weighted by molar-refractivity contribution is -0.797. The number of benzene rings is 9. The van der Waals surface area contributed by atoms with Gasteiger partial charge in [0.05, 0.1) is 0 Å². The van der Waals surface area contributed by atoms with E-state index in [4.69, 9.17) is 30.6 Å². The Labute approximate surface area is 421 Å². The lowest BCUT2D eigenvalue weighted by Gasteiger charge is -2.25. The van der Waals surface area contributed by atoms with Crippen molar-refractivity contribution in [3.05, 3.63) is 274 Å². The minimum Gasteiger partial charge on any atom is -0.311 e. The van der Waals surface area contributed by atoms with Gasteiger partial charge in [0, 0.05) is 165 Å². The lowest BCUT2D eigenvalue weighted by Crippen LogP contribution is -2.49. The average Bonchev–Trinajstić information content (AvgIpc) is 3.49. The number of hydrogen-bond donors (Lipinski definition) is 0. The summed E-state index contributed by atoms with van der Waals surface area (Å²) in [5, 5.41) is 30.1. The van der Waals surface area contributed by atoms with Crippen LogP contribution in [-0.2, 0) is 0 Å². The van der Waals surface area contributed by atoms with E-state index in [1.54, 1.807) is 0 Å². The number of para-hydroxylation sites is 6. The van der Waals surface area contributed by atoms with Crippen LogP contribution >= 0.6 is 0 Å². The van der Waals surface area contributed by atoms with Gasteiger partial charge in [-0.25, -0.2) is 0 Å². The first-order chi connectivity index (χ1) is 36.1. The van der Waals surface area contributed by atoms with Gasteiger partial charge < -0.3 is 4.90 Å². The molecular formula is C60H45N13+6. The zero-order chi connectivity index (χ0) is 48.8. The summed E-state index contributed by atoms with van der Waals surface area (Å²) < 4.78 is 11.1. The Kier molecular flexibility index (Phi) is 12.0. The van der Waals surface area contributed by atoms with Crippen LogP contribution < -0.4 is 33.0 Å². The highest BCUT2D eigenvalue weighted by Gasteiger charge is 2.27. The molecule has 0 bridgehead atoms. The zero-order valence-corrected chi connectivity index (χ0v) is 39.3. The molecule has 0 aliphatic carbocycles. The van der Waals surface area contributed by atoms with E-state index in [-0.39, 0.29) is 0 Å². The molecule has 0 amide bonds. The second kappa shape index (κ2) is 19.9. The molecule has 13 nitrogen and oxygen atoms in total. The predicted molar refractivity (Wildman–Crippen MR) is 273 cm³/mol. The second-order valence-electron chi connectivity index (χ2n) is 17.0. The summed E-state index contributed by atoms with van der Waals surface area (Å²) in [6.45, 7) is 0. The van der Waals surface area contributed by atoms with Crippen LogP contribution in [0.4, 0.5) is 17.1 Å². The summed E-state index contributed by atoms with van der Waals surface area (Å²) in [4.78, 5) is 2.22. The van der Waals surface area contributed by atoms with Gasteiger partial charge in [0.15, 0.2) is 0 Å². The Morgan fingerprint density at radius 1 is 0.205 bits per heavy atom. The summed E-state index contributed by atoms with van der Waals surface area (Å²) in [5.41, 5.74) is 10.8. The Morgan fingerprint density at radius 3 is 0.562 bits per heavy atom. The molecule has 0 aliphatic rings. The van der Waals surface area contributed by atoms with Gasteiger partial charge in [-0.1, -0.05) is 109 Å². The third-order valence-corrected chi connectivity index (χ3v) is 12.1. The van der Waals surface area contributed by atoms with Crippen LogP contribution in [0.15, 0.2) is 274 Å². The van der Waals surface area contributed by atoms with Gasteiger partial charge in [-0.05, 0) is 72.8 Å². The fourth-order valence-electron chi connectivity index (χ4n) is 8.44. The van der Waals surface area contributed by atoms with Gasteiger partial charge in [0.1, 0.15) is 0 Å². The molecule has 0 atom stereocenters. The van der Waals surface area contributed by atoms with Crippen LogP contribution in [0, 0.1) is 0 Å². The van der Waals surface area contributed by atoms with Crippen molar-refractivity contribution in [2.45, 2.75) is 0 Å². The average molecular weight is 948 g/mol. The van der Waals surface area contributed by atoms with Crippen molar-refractivity contribution in [3.63, 3.8) is 0 Å². The molecule has 0 radical (unpaired) electrons. The topological polar surface area (TPSA) is 104 Å². The maximum Gasteiger partial charge on any atom is 0.469 e. The Morgan fingerprint density at radius 2 is 0.384 bits per heavy atom. The molecule has 0 aliphatic heterocycles. The van der Waals surface area contributed by atoms with E-state index < -0.39 is 0 Å². The summed E-state index contributed by atoms with van der Waals surface area (Å²) in [5.74, 6) is 1.69. The van der Waals surface area contributed by atoms with E-state index >= 15 is 0 Å². The first-order valence-electron chi connectivity index (χ1n) is 23.8. The fourth-order valence-corrected chi connectivity index (χ4v) is 8.44. The highest BCUT2D eigenvalue weighted by molar-refractivity contribution is 5.79. The monoisotopic (exact) mass is 947 g/mol. The summed E-state index contributed by atoms with van der Waals surface area (Å²) in [7, 11) is 0. The largest absolute Gasteiger partial charge is 0.469 e. The van der Waals surface area contributed by atoms with Crippen molar-refractivity contribution in [1.82, 2.24) is 30.6 Å². The van der Waals surface area contributed by atoms with E-state index in [0.717, 1.165) is 67.9 Å². The number of aromatic nitrogens is 12. The van der Waals surface area contributed by atoms with E-state index in [9.17, 15) is 0 Å². The molecule has 9 aromatic carbocycles. The van der Waals surface area contributed by atoms with E-state index in [0.29, 0.717) is 17.5 Å². The molecular weight excluding hydrogens is 903 g/mol. The molecule has 0 saturated heterocycles. The van der Waals surface area contributed by atoms with Crippen molar-refractivity contribution < 1.29 is 28.1 Å². The van der Waals surface area contributed by atoms with Gasteiger partial charge in [0.25, 0.3) is 17.5 Å². The Bertz CT molecular complexity index is 3220. The molecule has 12 rings (SSSR count). The van der Waals surface area contributed by atoms with Crippen molar-refractivity contribution >= 4 is 17.1 Å². The van der Waals surface area contributed by atoms with Crippen LogP contribution in [0.25, 0.3) is 68.3 Å². The summed E-state index contributed by atoms with van der Waals surface area (Å²) in [6.07, 6.45) is 5.68. The van der Waals surface area contributed by atoms with Crippen molar-refractivity contribution in [1.29, 1.82) is 0 Å². The zero-order valence-electron chi connectivity index (χ0n) is 39.3. The third kappa shape index (κ3) is 9.52. The minimum absolute atomic E-state index is 0.564. The predicted octanol–water partition coefficient (Wildman–Crippen LogP) is 8.19. The summed E-state index contributed by atoms with van der Waals surface area (Å²) in [6, 6.07) is 85.4. The van der Waals surface area contributed by atoms with Crippen LogP contribution in [0.5, 0.6) is 0 Å². The molecule has 0 spiro atoms. The molecule has 73 heavy (non-hydrogen) atoms. The number of rotatable bonds is 12. The standard InChI is InChI=1S/C60H45N13/c1-7-19-49(20-8-1)67-43-68(50-21-9-2-10-22-50)62-58(61-67)46-31-37-55(38-32-46)73(56-39-33-47(34-40-56)59-63-69(51-23-11-3-12-24-51)44-70(64-59)52-25-13-4-14-26-52)57-41-35-48(36-42-57)60-65-71(53-27-15-5-16-28-53)45-72(66-60)54-29-17-6-18-30-54/h1-45H/q+6. The molecule has 0 fully saturated rings. The van der Waals surface area contributed by atoms with Crippen molar-refractivity contribution in [2.24, 2.45) is 0 Å². The second-order valence-corrected chi connectivity index (χ2v) is 17.0. The molecule has 3 heterocycles. The SMILES string of the molecule is c1ccc(-[n+]2c[n+](-c3ccccc3)nc(-c3ccc(N(c4ccc(-c5n[n+](-c6ccccc6)c[n+](-c6ccccc6)n5)cc4)c4ccc(-c5n[n+](-c6ccccc6)c[n+](-c6ccccc6)n5)cc4)cc3)n2)cc1. The first kappa shape index (κ1) is 43.9. The normalized spacial score (nSPS) is 11.0. The Balaban J connectivity index is 0.949. The highest BCUT2D eigenvalue weighted by Crippen LogP contribution is 2.37. The van der Waals surface area contributed by atoms with Crippen molar-refractivity contribution in [3.8, 4) is 68.3 Å². The molecule has 0 saturated carbocycles. The van der Waals surface area contributed by atoms with E-state index in [1.807, 2.05) is 229 Å². The minimum atomic E-state index is 0.564. The Hall–Kier alpha value is -10.4. The quantitative estimate of drug-likeness (QED) is 0.114. The molecule has 0 unspecified atom stereocenters. The highest BCUT2D eigenvalue weighted by atomic mass is 15.4. The van der Waals surface area contributed by atoms with Gasteiger partial charge in [-0.3, -0.25) is 0 Å². The number of anilines is 3. The van der Waals surface area contributed by atoms with Crippen LogP contribution in [0.1, 0.15) is 0 Å². The van der Waals surface area contributed by atoms with Crippen LogP contribution in [0.3, 0.4) is 0 Å². The molecule has 12 aromatic rings. The van der Waals surface area contributed by atoms with Crippen molar-refractivity contribution in [2.75, 3.05) is 4.90 Å². The first-order valence-corrected chi connectivity index (χ1v) is 23.8. The molecule has 0 N–H and O–H groups in total. The summed E-state index contributed by atoms with van der Waals surface area (Å²) >= 11 is 0. The van der Waals surface area contributed by atoms with E-state index in [2.05, 4.69) is 77.7 Å². The van der Waals surface area contributed by atoms with Gasteiger partial charge in [-0.15, -0.1) is 0 Å². The molecule has 344 valence electrons. The molecule has 13 heteroatoms. The van der Waals surface area contributed by atoms with Crippen LogP contribution in [-0.4, -0.2) is 30.6 Å². The van der Waals surface area contributed by atoms with Gasteiger partial charge >= 0.3 is 19.0 Å². The van der Waals surface area contributed by atoms with Gasteiger partial charge in [-0.2, -0.15) is 0 Å². The number of nitrogens with zero attached hydrogens (tertiary/aromatic N) is 13. The van der Waals surface area contributed by atoms with Gasteiger partial charge in [0.2, 0.25) is 34.1 Å². The molecule has 3 aromatic heterocycles. The lowest BCUT2D eigenvalue weighted by atomic mass is 10.1. The fraction of sp³-hybridized carbons (Fsp3) is 0. The van der Waals surface area contributed by atoms with Crippen LogP contribution in [0.2, 0.25) is 0 Å². The number of hydrogen-bond acceptors (Lipinski definition) is 7. The maximum atomic E-state index is 5.01. The third-order valence-electron chi connectivity index (χ3n) is 12.1. The maximum absolute atomic E-state index is 5.01. The smallest absolute Gasteiger partial charge is 0.311 e. The van der Waals surface area contributed by atoms with E-state index in [1.165, 1.54) is 0 Å².